The molecule has 7 heteroatoms. The van der Waals surface area contributed by atoms with Gasteiger partial charge in [0.15, 0.2) is 0 Å². The summed E-state index contributed by atoms with van der Waals surface area (Å²) in [4.78, 5) is 16.5. The van der Waals surface area contributed by atoms with Gasteiger partial charge in [-0.1, -0.05) is 23.2 Å². The van der Waals surface area contributed by atoms with Crippen molar-refractivity contribution < 1.29 is 13.9 Å². The highest BCUT2D eigenvalue weighted by molar-refractivity contribution is 6.45. The summed E-state index contributed by atoms with van der Waals surface area (Å²) < 4.78 is 19.6. The van der Waals surface area contributed by atoms with Crippen LogP contribution in [0.1, 0.15) is 18.1 Å². The summed E-state index contributed by atoms with van der Waals surface area (Å²) in [5.74, 6) is -0.351. The molecule has 0 radical (unpaired) electrons. The number of nitrogens with one attached hydrogen (secondary N) is 1. The Kier molecular flexibility index (Phi) is 4.47. The van der Waals surface area contributed by atoms with Crippen LogP contribution in [0.5, 0.6) is 5.75 Å². The van der Waals surface area contributed by atoms with Crippen molar-refractivity contribution in [1.29, 1.82) is 0 Å². The third-order valence-electron chi connectivity index (χ3n) is 3.72. The van der Waals surface area contributed by atoms with Crippen molar-refractivity contribution in [2.45, 2.75) is 13.0 Å². The summed E-state index contributed by atoms with van der Waals surface area (Å²) in [6.07, 6.45) is 0. The summed E-state index contributed by atoms with van der Waals surface area (Å²) in [5, 5.41) is 3.22. The number of ether oxygens (including phenoxy) is 1. The van der Waals surface area contributed by atoms with Gasteiger partial charge in [0.05, 0.1) is 28.6 Å². The Bertz CT molecular complexity index is 868. The average Bonchev–Trinajstić information content (AvgIpc) is 2.69. The molecule has 1 aliphatic rings. The van der Waals surface area contributed by atoms with Gasteiger partial charge in [-0.25, -0.2) is 4.39 Å². The average molecular weight is 367 g/mol. The Balaban J connectivity index is 2.32. The molecular weight excluding hydrogens is 354 g/mol. The van der Waals surface area contributed by atoms with Crippen molar-refractivity contribution in [1.82, 2.24) is 0 Å². The molecule has 0 spiro atoms. The number of aliphatic imine (C=N–C) groups is 1. The van der Waals surface area contributed by atoms with Crippen LogP contribution in [0.4, 0.5) is 10.1 Å². The molecule has 0 bridgehead atoms. The maximum Gasteiger partial charge on any atom is 0.248 e. The number of methoxy groups -OCH3 is 1. The number of amides is 1. The molecule has 0 aliphatic carbocycles. The van der Waals surface area contributed by atoms with Crippen LogP contribution in [-0.2, 0) is 4.79 Å². The van der Waals surface area contributed by atoms with Gasteiger partial charge in [-0.15, -0.1) is 0 Å². The molecule has 1 heterocycles. The number of hydrogen-bond acceptors (Lipinski definition) is 3. The summed E-state index contributed by atoms with van der Waals surface area (Å²) >= 11 is 12.4. The molecule has 1 aliphatic heterocycles. The zero-order chi connectivity index (χ0) is 17.4. The number of rotatable bonds is 2. The van der Waals surface area contributed by atoms with Crippen molar-refractivity contribution in [3.63, 3.8) is 0 Å². The molecular formula is C17H13Cl2FN2O2. The lowest BCUT2D eigenvalue weighted by Gasteiger charge is -2.14. The number of hydrogen-bond donors (Lipinski definition) is 1. The lowest BCUT2D eigenvalue weighted by Crippen LogP contribution is -2.22. The first-order valence-corrected chi connectivity index (χ1v) is 7.89. The number of carbonyl (C=O) groups excluding carboxylic acids is 1. The Morgan fingerprint density at radius 1 is 1.25 bits per heavy atom. The molecule has 3 rings (SSSR count). The zero-order valence-corrected chi connectivity index (χ0v) is 14.4. The summed E-state index contributed by atoms with van der Waals surface area (Å²) in [7, 11) is 1.48. The van der Waals surface area contributed by atoms with E-state index < -0.39 is 11.9 Å². The predicted molar refractivity (Wildman–Crippen MR) is 93.1 cm³/mol. The highest BCUT2D eigenvalue weighted by Crippen LogP contribution is 2.36. The molecule has 0 saturated carbocycles. The molecule has 0 fully saturated rings. The predicted octanol–water partition coefficient (Wildman–Crippen LogP) is 4.32. The van der Waals surface area contributed by atoms with Gasteiger partial charge in [0.2, 0.25) is 5.91 Å². The third-order valence-corrected chi connectivity index (χ3v) is 4.52. The fraction of sp³-hybridized carbons (Fsp3) is 0.176. The zero-order valence-electron chi connectivity index (χ0n) is 12.9. The number of anilines is 1. The third kappa shape index (κ3) is 2.85. The van der Waals surface area contributed by atoms with Gasteiger partial charge < -0.3 is 10.1 Å². The molecule has 2 aromatic carbocycles. The largest absolute Gasteiger partial charge is 0.497 e. The lowest BCUT2D eigenvalue weighted by molar-refractivity contribution is -0.116. The van der Waals surface area contributed by atoms with E-state index in [0.29, 0.717) is 17.0 Å². The van der Waals surface area contributed by atoms with E-state index in [2.05, 4.69) is 10.3 Å². The van der Waals surface area contributed by atoms with Crippen molar-refractivity contribution in [3.8, 4) is 5.75 Å². The normalized spacial score (nSPS) is 16.8. The second kappa shape index (κ2) is 6.42. The maximum atomic E-state index is 14.5. The fourth-order valence-corrected chi connectivity index (χ4v) is 2.87. The van der Waals surface area contributed by atoms with Crippen LogP contribution in [0, 0.1) is 5.82 Å². The van der Waals surface area contributed by atoms with Gasteiger partial charge >= 0.3 is 0 Å². The Labute approximate surface area is 148 Å². The van der Waals surface area contributed by atoms with Crippen LogP contribution in [0.3, 0.4) is 0 Å². The highest BCUT2D eigenvalue weighted by Gasteiger charge is 2.27. The molecule has 2 aromatic rings. The van der Waals surface area contributed by atoms with Gasteiger partial charge in [0, 0.05) is 11.1 Å². The minimum Gasteiger partial charge on any atom is -0.497 e. The number of nitrogens with zero attached hydrogens (tertiary/aromatic N) is 1. The van der Waals surface area contributed by atoms with Gasteiger partial charge in [0.25, 0.3) is 0 Å². The van der Waals surface area contributed by atoms with E-state index in [1.165, 1.54) is 25.3 Å². The first kappa shape index (κ1) is 16.7. The SMILES string of the molecule is COc1ccc(F)c(C2=NC(C)C(=O)Nc3ccc(Cl)c(Cl)c32)c1. The second-order valence-corrected chi connectivity index (χ2v) is 6.06. The first-order valence-electron chi connectivity index (χ1n) is 7.13. The molecule has 1 atom stereocenters. The molecule has 24 heavy (non-hydrogen) atoms. The van der Waals surface area contributed by atoms with Crippen LogP contribution >= 0.6 is 23.2 Å². The maximum absolute atomic E-state index is 14.5. The van der Waals surface area contributed by atoms with Gasteiger partial charge in [-0.05, 0) is 37.3 Å². The smallest absolute Gasteiger partial charge is 0.248 e. The molecule has 0 aromatic heterocycles. The Hall–Kier alpha value is -2.11. The molecule has 1 N–H and O–H groups in total. The monoisotopic (exact) mass is 366 g/mol. The number of benzodiazepines with no additional fused rings is 1. The molecule has 124 valence electrons. The quantitative estimate of drug-likeness (QED) is 0.860. The number of halogens is 3. The van der Waals surface area contributed by atoms with Crippen LogP contribution in [0.15, 0.2) is 35.3 Å². The minimum atomic E-state index is -0.715. The summed E-state index contributed by atoms with van der Waals surface area (Å²) in [5.41, 5.74) is 1.25. The van der Waals surface area contributed by atoms with Gasteiger partial charge in [-0.3, -0.25) is 9.79 Å². The second-order valence-electron chi connectivity index (χ2n) is 5.27. The van der Waals surface area contributed by atoms with Gasteiger partial charge in [0.1, 0.15) is 17.6 Å². The Morgan fingerprint density at radius 2 is 2.00 bits per heavy atom. The molecule has 1 unspecified atom stereocenters. The van der Waals surface area contributed by atoms with E-state index in [1.54, 1.807) is 19.1 Å². The Morgan fingerprint density at radius 3 is 2.71 bits per heavy atom. The van der Waals surface area contributed by atoms with Crippen molar-refractivity contribution >= 4 is 40.5 Å². The van der Waals surface area contributed by atoms with Crippen LogP contribution in [-0.4, -0.2) is 24.8 Å². The topological polar surface area (TPSA) is 50.7 Å². The van der Waals surface area contributed by atoms with Gasteiger partial charge in [-0.2, -0.15) is 0 Å². The minimum absolute atomic E-state index is 0.183. The summed E-state index contributed by atoms with van der Waals surface area (Å²) in [6, 6.07) is 6.76. The van der Waals surface area contributed by atoms with Crippen LogP contribution < -0.4 is 10.1 Å². The van der Waals surface area contributed by atoms with E-state index >= 15 is 0 Å². The van der Waals surface area contributed by atoms with E-state index in [4.69, 9.17) is 27.9 Å². The first-order chi connectivity index (χ1) is 11.4. The fourth-order valence-electron chi connectivity index (χ4n) is 2.46. The van der Waals surface area contributed by atoms with Crippen molar-refractivity contribution in [3.05, 3.63) is 57.3 Å². The number of fused-ring (bicyclic) bond motifs is 1. The van der Waals surface area contributed by atoms with Crippen LogP contribution in [0.25, 0.3) is 0 Å². The van der Waals surface area contributed by atoms with Crippen LogP contribution in [0.2, 0.25) is 10.0 Å². The molecule has 1 amide bonds. The molecule has 4 nitrogen and oxygen atoms in total. The van der Waals surface area contributed by atoms with E-state index in [9.17, 15) is 9.18 Å². The van der Waals surface area contributed by atoms with E-state index in [0.717, 1.165) is 0 Å². The number of benzene rings is 2. The molecule has 0 saturated heterocycles. The van der Waals surface area contributed by atoms with Crippen molar-refractivity contribution in [2.24, 2.45) is 4.99 Å². The standard InChI is InChI=1S/C17H13Cl2FN2O2/c1-8-17(23)22-13-6-4-11(18)15(19)14(13)16(21-8)10-7-9(24-2)3-5-12(10)20/h3-8H,1-2H3,(H,22,23). The number of carbonyl (C=O) groups is 1. The van der Waals surface area contributed by atoms with Crippen molar-refractivity contribution in [2.75, 3.05) is 12.4 Å². The summed E-state index contributed by atoms with van der Waals surface area (Å²) in [6.45, 7) is 1.62. The van der Waals surface area contributed by atoms with E-state index in [-0.39, 0.29) is 27.2 Å². The highest BCUT2D eigenvalue weighted by atomic mass is 35.5. The lowest BCUT2D eigenvalue weighted by atomic mass is 9.99. The van der Waals surface area contributed by atoms with E-state index in [1.807, 2.05) is 0 Å².